The molecule has 0 aromatic rings. The predicted octanol–water partition coefficient (Wildman–Crippen LogP) is 0.525. The molecule has 23 heavy (non-hydrogen) atoms. The number of piperidine rings is 1. The van der Waals surface area contributed by atoms with Crippen molar-refractivity contribution in [3.63, 3.8) is 0 Å². The van der Waals surface area contributed by atoms with Gasteiger partial charge in [-0.1, -0.05) is 0 Å². The largest absolute Gasteiger partial charge is 0.444 e. The minimum atomic E-state index is -2.92. The number of sulfone groups is 1. The van der Waals surface area contributed by atoms with Gasteiger partial charge in [0.15, 0.2) is 9.84 Å². The van der Waals surface area contributed by atoms with Crippen LogP contribution in [0.1, 0.15) is 40.0 Å². The van der Waals surface area contributed by atoms with Crippen molar-refractivity contribution in [3.05, 3.63) is 0 Å². The molecule has 0 bridgehead atoms. The molecule has 0 aliphatic carbocycles. The highest BCUT2D eigenvalue weighted by Gasteiger charge is 2.36. The Labute approximate surface area is 138 Å². The minimum absolute atomic E-state index is 0.0760. The van der Waals surface area contributed by atoms with E-state index in [1.165, 1.54) is 0 Å². The van der Waals surface area contributed by atoms with Crippen molar-refractivity contribution in [1.29, 1.82) is 0 Å². The van der Waals surface area contributed by atoms with Gasteiger partial charge in [-0.05, 0) is 40.0 Å². The summed E-state index contributed by atoms with van der Waals surface area (Å²) >= 11 is 0. The van der Waals surface area contributed by atoms with Crippen LogP contribution in [-0.2, 0) is 14.6 Å². The van der Waals surface area contributed by atoms with Crippen LogP contribution in [0.15, 0.2) is 0 Å². The molecule has 7 nitrogen and oxygen atoms in total. The zero-order chi connectivity index (χ0) is 17.3. The number of ether oxygens (including phenoxy) is 1. The second-order valence-corrected chi connectivity index (χ2v) is 9.90. The molecule has 134 valence electrons. The lowest BCUT2D eigenvalue weighted by Crippen LogP contribution is -2.53. The average Bonchev–Trinajstić information content (AvgIpc) is 2.75. The zero-order valence-electron chi connectivity index (χ0n) is 14.2. The molecule has 0 saturated carbocycles. The zero-order valence-corrected chi connectivity index (χ0v) is 15.0. The Morgan fingerprint density at radius 2 is 1.96 bits per heavy atom. The summed E-state index contributed by atoms with van der Waals surface area (Å²) < 4.78 is 28.2. The number of aliphatic hydroxyl groups is 1. The number of hydrogen-bond donors (Lipinski definition) is 2. The first-order valence-corrected chi connectivity index (χ1v) is 9.94. The van der Waals surface area contributed by atoms with E-state index in [9.17, 15) is 18.3 Å². The molecule has 0 radical (unpaired) electrons. The molecule has 1 atom stereocenters. The second-order valence-electron chi connectivity index (χ2n) is 7.67. The van der Waals surface area contributed by atoms with Crippen molar-refractivity contribution >= 4 is 15.9 Å². The van der Waals surface area contributed by atoms with Gasteiger partial charge in [-0.2, -0.15) is 0 Å². The van der Waals surface area contributed by atoms with E-state index in [1.807, 2.05) is 20.8 Å². The molecular formula is C15H28N2O5S. The third-order valence-electron chi connectivity index (χ3n) is 4.30. The molecular weight excluding hydrogens is 320 g/mol. The van der Waals surface area contributed by atoms with Crippen molar-refractivity contribution in [3.8, 4) is 0 Å². The van der Waals surface area contributed by atoms with Gasteiger partial charge < -0.3 is 20.1 Å². The molecule has 2 aliphatic rings. The summed E-state index contributed by atoms with van der Waals surface area (Å²) in [4.78, 5) is 13.6. The Kier molecular flexibility index (Phi) is 5.27. The Morgan fingerprint density at radius 3 is 2.43 bits per heavy atom. The predicted molar refractivity (Wildman–Crippen MR) is 87.1 cm³/mol. The monoisotopic (exact) mass is 348 g/mol. The van der Waals surface area contributed by atoms with Crippen LogP contribution in [0.3, 0.4) is 0 Å². The van der Waals surface area contributed by atoms with Gasteiger partial charge in [-0.15, -0.1) is 0 Å². The Bertz CT molecular complexity index is 533. The van der Waals surface area contributed by atoms with Crippen LogP contribution in [0, 0.1) is 0 Å². The summed E-state index contributed by atoms with van der Waals surface area (Å²) in [6, 6.07) is -0.0760. The smallest absolute Gasteiger partial charge is 0.410 e. The molecule has 1 amide bonds. The molecule has 8 heteroatoms. The van der Waals surface area contributed by atoms with Gasteiger partial charge >= 0.3 is 6.09 Å². The van der Waals surface area contributed by atoms with E-state index in [2.05, 4.69) is 5.32 Å². The highest BCUT2D eigenvalue weighted by atomic mass is 32.2. The van der Waals surface area contributed by atoms with E-state index in [-0.39, 0.29) is 23.6 Å². The first kappa shape index (κ1) is 18.5. The van der Waals surface area contributed by atoms with Crippen molar-refractivity contribution < 1.29 is 23.1 Å². The first-order valence-electron chi connectivity index (χ1n) is 8.12. The highest BCUT2D eigenvalue weighted by Crippen LogP contribution is 2.24. The van der Waals surface area contributed by atoms with Crippen molar-refractivity contribution in [2.75, 3.05) is 31.1 Å². The quantitative estimate of drug-likeness (QED) is 0.772. The number of amides is 1. The van der Waals surface area contributed by atoms with Crippen LogP contribution in [-0.4, -0.2) is 72.9 Å². The summed E-state index contributed by atoms with van der Waals surface area (Å²) in [6.07, 6.45) is 1.16. The molecule has 2 fully saturated rings. The maximum atomic E-state index is 12.0. The summed E-state index contributed by atoms with van der Waals surface area (Å²) in [5.74, 6) is 0.364. The van der Waals surface area contributed by atoms with E-state index >= 15 is 0 Å². The fourth-order valence-electron chi connectivity index (χ4n) is 2.90. The maximum Gasteiger partial charge on any atom is 0.410 e. The van der Waals surface area contributed by atoms with Gasteiger partial charge in [-0.25, -0.2) is 13.2 Å². The average molecular weight is 348 g/mol. The van der Waals surface area contributed by atoms with Gasteiger partial charge in [0, 0.05) is 25.7 Å². The van der Waals surface area contributed by atoms with E-state index in [0.29, 0.717) is 38.9 Å². The molecule has 0 aromatic carbocycles. The Morgan fingerprint density at radius 1 is 1.35 bits per heavy atom. The van der Waals surface area contributed by atoms with E-state index in [4.69, 9.17) is 4.74 Å². The van der Waals surface area contributed by atoms with Crippen LogP contribution in [0.5, 0.6) is 0 Å². The summed E-state index contributed by atoms with van der Waals surface area (Å²) in [6.45, 7) is 6.71. The number of carbonyl (C=O) groups is 1. The molecule has 2 saturated heterocycles. The number of nitrogens with zero attached hydrogens (tertiary/aromatic N) is 1. The second kappa shape index (κ2) is 6.57. The van der Waals surface area contributed by atoms with Crippen LogP contribution in [0.2, 0.25) is 0 Å². The van der Waals surface area contributed by atoms with Crippen LogP contribution < -0.4 is 5.32 Å². The van der Waals surface area contributed by atoms with Crippen LogP contribution >= 0.6 is 0 Å². The van der Waals surface area contributed by atoms with Crippen molar-refractivity contribution in [1.82, 2.24) is 10.2 Å². The Balaban J connectivity index is 1.77. The third kappa shape index (κ3) is 5.61. The molecule has 0 aromatic heterocycles. The van der Waals surface area contributed by atoms with E-state index < -0.39 is 21.0 Å². The van der Waals surface area contributed by atoms with Crippen LogP contribution in [0.25, 0.3) is 0 Å². The lowest BCUT2D eigenvalue weighted by molar-refractivity contribution is -0.0318. The van der Waals surface area contributed by atoms with Gasteiger partial charge in [0.2, 0.25) is 0 Å². The van der Waals surface area contributed by atoms with Crippen molar-refractivity contribution in [2.24, 2.45) is 0 Å². The van der Waals surface area contributed by atoms with Crippen LogP contribution in [0.4, 0.5) is 4.79 Å². The molecule has 0 spiro atoms. The molecule has 1 unspecified atom stereocenters. The summed E-state index contributed by atoms with van der Waals surface area (Å²) in [7, 11) is -2.92. The molecule has 2 aliphatic heterocycles. The van der Waals surface area contributed by atoms with Gasteiger partial charge in [0.25, 0.3) is 0 Å². The summed E-state index contributed by atoms with van der Waals surface area (Å²) in [5.41, 5.74) is -1.43. The standard InChI is InChI=1S/C15H28N2O5S/c1-14(2,3)22-13(18)17-7-5-15(19,6-8-17)11-16-12-4-9-23(20,21)10-12/h12,16,19H,4-11H2,1-3H3. The topological polar surface area (TPSA) is 95.9 Å². The SMILES string of the molecule is CC(C)(C)OC(=O)N1CCC(O)(CNC2CCS(=O)(=O)C2)CC1. The number of rotatable bonds is 3. The van der Waals surface area contributed by atoms with Crippen molar-refractivity contribution in [2.45, 2.75) is 57.3 Å². The molecule has 2 rings (SSSR count). The van der Waals surface area contributed by atoms with Gasteiger partial charge in [0.1, 0.15) is 5.60 Å². The number of nitrogens with one attached hydrogen (secondary N) is 1. The van der Waals surface area contributed by atoms with Gasteiger partial charge in [0.05, 0.1) is 17.1 Å². The van der Waals surface area contributed by atoms with Gasteiger partial charge in [-0.3, -0.25) is 0 Å². The number of hydrogen-bond acceptors (Lipinski definition) is 6. The molecule has 2 heterocycles. The fraction of sp³-hybridized carbons (Fsp3) is 0.933. The fourth-order valence-corrected chi connectivity index (χ4v) is 4.61. The van der Waals surface area contributed by atoms with E-state index in [1.54, 1.807) is 4.90 Å². The lowest BCUT2D eigenvalue weighted by atomic mass is 9.91. The van der Waals surface area contributed by atoms with E-state index in [0.717, 1.165) is 0 Å². The normalized spacial score (nSPS) is 27.0. The third-order valence-corrected chi connectivity index (χ3v) is 6.07. The lowest BCUT2D eigenvalue weighted by Gasteiger charge is -2.39. The first-order chi connectivity index (χ1) is 10.5. The number of likely N-dealkylation sites (tertiary alicyclic amines) is 1. The molecule has 2 N–H and O–H groups in total. The number of carbonyl (C=O) groups excluding carboxylic acids is 1. The summed E-state index contributed by atoms with van der Waals surface area (Å²) in [5, 5.41) is 13.8. The minimum Gasteiger partial charge on any atom is -0.444 e. The Hall–Kier alpha value is -0.860. The highest BCUT2D eigenvalue weighted by molar-refractivity contribution is 7.91. The maximum absolute atomic E-state index is 12.0.